The Balaban J connectivity index is 4.68. The zero-order valence-electron chi connectivity index (χ0n) is 6.63. The number of hydrogen-bond donors (Lipinski definition) is 0. The van der Waals surface area contributed by atoms with Crippen LogP contribution in [0, 0.1) is 0 Å². The minimum Gasteiger partial charge on any atom is -0.233 e. The molecule has 0 bridgehead atoms. The fourth-order valence-corrected chi connectivity index (χ4v) is 0.409. The molecule has 0 fully saturated rings. The fraction of sp³-hybridized carbons (Fsp3) is 0.667. The molecule has 0 aliphatic carbocycles. The second kappa shape index (κ2) is 3.93. The molecule has 1 atom stereocenters. The van der Waals surface area contributed by atoms with Crippen LogP contribution in [0.25, 0.3) is 0 Å². The van der Waals surface area contributed by atoms with Crippen LogP contribution in [0.5, 0.6) is 0 Å². The summed E-state index contributed by atoms with van der Waals surface area (Å²) in [7, 11) is 0. The van der Waals surface area contributed by atoms with Crippen molar-refractivity contribution in [2.24, 2.45) is 0 Å². The Morgan fingerprint density at radius 1 is 0.800 bits per heavy atom. The molecule has 0 N–H and O–H groups in total. The Kier molecular flexibility index (Phi) is 3.70. The number of hydrogen-bond acceptors (Lipinski definition) is 0. The summed E-state index contributed by atoms with van der Waals surface area (Å²) in [6.07, 6.45) is -17.4. The van der Waals surface area contributed by atoms with E-state index in [9.17, 15) is 39.5 Å². The normalized spacial score (nSPS) is 17.1. The van der Waals surface area contributed by atoms with E-state index >= 15 is 0 Å². The van der Waals surface area contributed by atoms with Crippen LogP contribution in [-0.4, -0.2) is 24.4 Å². The topological polar surface area (TPSA) is 0 Å². The lowest BCUT2D eigenvalue weighted by Gasteiger charge is -2.16. The van der Waals surface area contributed by atoms with Gasteiger partial charge < -0.3 is 0 Å². The Morgan fingerprint density at radius 3 is 1.47 bits per heavy atom. The molecule has 0 aromatic heterocycles. The number of allylic oxidation sites excluding steroid dienone is 2. The first-order valence-electron chi connectivity index (χ1n) is 3.22. The van der Waals surface area contributed by atoms with Crippen molar-refractivity contribution < 1.29 is 39.5 Å². The van der Waals surface area contributed by atoms with Gasteiger partial charge in [-0.3, -0.25) is 0 Å². The molecular weight excluding hydrogens is 243 g/mol. The van der Waals surface area contributed by atoms with Crippen LogP contribution in [-0.2, 0) is 0 Å². The van der Waals surface area contributed by atoms with Gasteiger partial charge in [-0.15, -0.1) is 0 Å². The molecule has 0 saturated carbocycles. The van der Waals surface area contributed by atoms with Crippen molar-refractivity contribution in [3.05, 3.63) is 12.2 Å². The van der Waals surface area contributed by atoms with Crippen molar-refractivity contribution in [2.45, 2.75) is 24.4 Å². The van der Waals surface area contributed by atoms with Gasteiger partial charge in [0.15, 0.2) is 0 Å². The molecule has 9 heteroatoms. The molecule has 0 aliphatic heterocycles. The SMILES string of the molecule is FC(C=CC(F)(F)C(F)(F)F)C(F)(F)F. The highest BCUT2D eigenvalue weighted by Crippen LogP contribution is 2.37. The van der Waals surface area contributed by atoms with E-state index in [2.05, 4.69) is 0 Å². The lowest BCUT2D eigenvalue weighted by molar-refractivity contribution is -0.259. The highest BCUT2D eigenvalue weighted by atomic mass is 19.4. The van der Waals surface area contributed by atoms with Crippen molar-refractivity contribution >= 4 is 0 Å². The maximum atomic E-state index is 11.9. The molecular formula is C6H3F9. The molecule has 0 heterocycles. The first-order valence-corrected chi connectivity index (χ1v) is 3.22. The Hall–Kier alpha value is -0.890. The minimum atomic E-state index is -6.05. The van der Waals surface area contributed by atoms with Crippen molar-refractivity contribution in [2.75, 3.05) is 0 Å². The van der Waals surface area contributed by atoms with Gasteiger partial charge in [0.1, 0.15) is 0 Å². The molecule has 90 valence electrons. The van der Waals surface area contributed by atoms with Gasteiger partial charge in [0, 0.05) is 0 Å². The lowest BCUT2D eigenvalue weighted by Crippen LogP contribution is -2.35. The van der Waals surface area contributed by atoms with E-state index < -0.39 is 36.6 Å². The van der Waals surface area contributed by atoms with Crippen molar-refractivity contribution in [3.63, 3.8) is 0 Å². The second-order valence-corrected chi connectivity index (χ2v) is 2.42. The molecule has 0 radical (unpaired) electrons. The standard InChI is InChI=1S/C6H3F9/c7-3(5(10,11)12)1-2-4(8,9)6(13,14)15/h1-3H. The zero-order valence-corrected chi connectivity index (χ0v) is 6.63. The van der Waals surface area contributed by atoms with E-state index in [-0.39, 0.29) is 0 Å². The molecule has 0 nitrogen and oxygen atoms in total. The van der Waals surface area contributed by atoms with Gasteiger partial charge in [-0.1, -0.05) is 0 Å². The van der Waals surface area contributed by atoms with Crippen LogP contribution >= 0.6 is 0 Å². The fourth-order valence-electron chi connectivity index (χ4n) is 0.409. The second-order valence-electron chi connectivity index (χ2n) is 2.42. The van der Waals surface area contributed by atoms with Gasteiger partial charge in [-0.2, -0.15) is 35.1 Å². The molecule has 1 unspecified atom stereocenters. The number of halogens is 9. The maximum Gasteiger partial charge on any atom is 0.457 e. The number of alkyl halides is 9. The summed E-state index contributed by atoms with van der Waals surface area (Å²) in [6, 6.07) is 0. The zero-order chi connectivity index (χ0) is 12.5. The number of rotatable bonds is 2. The van der Waals surface area contributed by atoms with E-state index in [1.54, 1.807) is 0 Å². The lowest BCUT2D eigenvalue weighted by atomic mass is 10.2. The third-order valence-electron chi connectivity index (χ3n) is 1.17. The molecule has 0 spiro atoms. The summed E-state index contributed by atoms with van der Waals surface area (Å²) in [4.78, 5) is 0. The summed E-state index contributed by atoms with van der Waals surface area (Å²) in [5.74, 6) is -5.48. The predicted octanol–water partition coefficient (Wildman–Crippen LogP) is 3.64. The average Bonchev–Trinajstić information content (AvgIpc) is 1.96. The Bertz CT molecular complexity index is 232. The van der Waals surface area contributed by atoms with Gasteiger partial charge in [-0.25, -0.2) is 4.39 Å². The summed E-state index contributed by atoms with van der Waals surface area (Å²) < 4.78 is 104. The minimum absolute atomic E-state index is 0.881. The van der Waals surface area contributed by atoms with Crippen LogP contribution in [0.1, 0.15) is 0 Å². The molecule has 0 aliphatic rings. The van der Waals surface area contributed by atoms with E-state index in [1.165, 1.54) is 0 Å². The van der Waals surface area contributed by atoms with Gasteiger partial charge in [0.25, 0.3) is 0 Å². The molecule has 0 amide bonds. The van der Waals surface area contributed by atoms with Crippen LogP contribution in [0.2, 0.25) is 0 Å². The smallest absolute Gasteiger partial charge is 0.233 e. The van der Waals surface area contributed by atoms with Crippen molar-refractivity contribution in [3.8, 4) is 0 Å². The van der Waals surface area contributed by atoms with Crippen molar-refractivity contribution in [1.82, 2.24) is 0 Å². The summed E-state index contributed by atoms with van der Waals surface area (Å²) in [5.41, 5.74) is 0. The summed E-state index contributed by atoms with van der Waals surface area (Å²) >= 11 is 0. The highest BCUT2D eigenvalue weighted by molar-refractivity contribution is 5.03. The van der Waals surface area contributed by atoms with Crippen LogP contribution in [0.3, 0.4) is 0 Å². The average molecular weight is 246 g/mol. The highest BCUT2D eigenvalue weighted by Gasteiger charge is 2.55. The van der Waals surface area contributed by atoms with Gasteiger partial charge in [0.05, 0.1) is 0 Å². The third-order valence-corrected chi connectivity index (χ3v) is 1.17. The maximum absolute atomic E-state index is 11.9. The van der Waals surface area contributed by atoms with Crippen LogP contribution in [0.15, 0.2) is 12.2 Å². The van der Waals surface area contributed by atoms with Crippen LogP contribution in [0.4, 0.5) is 39.5 Å². The molecule has 0 saturated heterocycles. The largest absolute Gasteiger partial charge is 0.457 e. The predicted molar refractivity (Wildman–Crippen MR) is 31.1 cm³/mol. The van der Waals surface area contributed by atoms with E-state index in [1.807, 2.05) is 0 Å². The summed E-state index contributed by atoms with van der Waals surface area (Å²) in [5, 5.41) is 0. The van der Waals surface area contributed by atoms with Crippen LogP contribution < -0.4 is 0 Å². The molecule has 0 aromatic carbocycles. The summed E-state index contributed by atoms with van der Waals surface area (Å²) in [6.45, 7) is 0. The van der Waals surface area contributed by atoms with Crippen molar-refractivity contribution in [1.29, 1.82) is 0 Å². The quantitative estimate of drug-likeness (QED) is 0.515. The molecule has 15 heavy (non-hydrogen) atoms. The van der Waals surface area contributed by atoms with Gasteiger partial charge >= 0.3 is 18.3 Å². The monoisotopic (exact) mass is 246 g/mol. The van der Waals surface area contributed by atoms with E-state index in [0.717, 1.165) is 0 Å². The van der Waals surface area contributed by atoms with E-state index in [0.29, 0.717) is 0 Å². The third kappa shape index (κ3) is 4.00. The Morgan fingerprint density at radius 2 is 1.20 bits per heavy atom. The van der Waals surface area contributed by atoms with Gasteiger partial charge in [0.2, 0.25) is 6.17 Å². The Labute approximate surface area is 77.4 Å². The van der Waals surface area contributed by atoms with Gasteiger partial charge in [-0.05, 0) is 12.2 Å². The first-order chi connectivity index (χ1) is 6.38. The van der Waals surface area contributed by atoms with E-state index in [4.69, 9.17) is 0 Å². The molecule has 0 rings (SSSR count). The first kappa shape index (κ1) is 14.1. The molecule has 0 aromatic rings.